The van der Waals surface area contributed by atoms with Gasteiger partial charge in [0.25, 0.3) is 0 Å². The molecular formula is C22H42N2. The third-order valence-electron chi connectivity index (χ3n) is 5.26. The van der Waals surface area contributed by atoms with Crippen molar-refractivity contribution >= 4 is 0 Å². The maximum atomic E-state index is 4.13. The maximum absolute atomic E-state index is 4.13. The van der Waals surface area contributed by atoms with Crippen LogP contribution >= 0.6 is 0 Å². The zero-order valence-electron chi connectivity index (χ0n) is 16.5. The predicted molar refractivity (Wildman–Crippen MR) is 106 cm³/mol. The number of nitrogens with zero attached hydrogens (tertiary/aromatic N) is 2. The molecule has 140 valence electrons. The van der Waals surface area contributed by atoms with E-state index in [1.807, 2.05) is 12.5 Å². The average molecular weight is 335 g/mol. The van der Waals surface area contributed by atoms with Crippen LogP contribution in [-0.4, -0.2) is 9.55 Å². The number of imidazole rings is 1. The van der Waals surface area contributed by atoms with Gasteiger partial charge < -0.3 is 4.57 Å². The molecule has 0 amide bonds. The summed E-state index contributed by atoms with van der Waals surface area (Å²) in [5.41, 5.74) is 0. The van der Waals surface area contributed by atoms with Gasteiger partial charge in [0.1, 0.15) is 0 Å². The molecule has 1 rings (SSSR count). The minimum atomic E-state index is 0.606. The number of rotatable bonds is 17. The van der Waals surface area contributed by atoms with Gasteiger partial charge in [-0.15, -0.1) is 0 Å². The second kappa shape index (κ2) is 15.7. The van der Waals surface area contributed by atoms with E-state index in [1.165, 1.54) is 103 Å². The van der Waals surface area contributed by atoms with Gasteiger partial charge in [-0.2, -0.15) is 0 Å². The molecule has 0 aromatic carbocycles. The SMILES string of the molecule is CCCCCCCCCCCCCCCCCC(C)n1ccnc1. The smallest absolute Gasteiger partial charge is 0.0948 e. The molecule has 0 aliphatic heterocycles. The molecule has 2 nitrogen and oxygen atoms in total. The molecule has 0 aliphatic carbocycles. The molecule has 1 unspecified atom stereocenters. The largest absolute Gasteiger partial charge is 0.335 e. The van der Waals surface area contributed by atoms with Gasteiger partial charge in [0.05, 0.1) is 6.33 Å². The van der Waals surface area contributed by atoms with Crippen LogP contribution < -0.4 is 0 Å². The zero-order valence-corrected chi connectivity index (χ0v) is 16.5. The summed E-state index contributed by atoms with van der Waals surface area (Å²) in [6, 6.07) is 0.606. The minimum Gasteiger partial charge on any atom is -0.335 e. The fourth-order valence-corrected chi connectivity index (χ4v) is 3.49. The standard InChI is InChI=1S/C22H42N2/c1-3-4-5-6-7-8-9-10-11-12-13-14-15-16-17-18-22(2)24-20-19-23-21-24/h19-22H,3-18H2,1-2H3. The first kappa shape index (κ1) is 21.3. The van der Waals surface area contributed by atoms with Crippen molar-refractivity contribution in [2.24, 2.45) is 0 Å². The van der Waals surface area contributed by atoms with Crippen LogP contribution in [0.25, 0.3) is 0 Å². The van der Waals surface area contributed by atoms with Crippen LogP contribution in [0.5, 0.6) is 0 Å². The van der Waals surface area contributed by atoms with Crippen molar-refractivity contribution in [3.05, 3.63) is 18.7 Å². The first-order chi connectivity index (χ1) is 11.8. The van der Waals surface area contributed by atoms with E-state index in [9.17, 15) is 0 Å². The molecule has 0 fully saturated rings. The van der Waals surface area contributed by atoms with E-state index in [0.29, 0.717) is 6.04 Å². The predicted octanol–water partition coefficient (Wildman–Crippen LogP) is 7.71. The van der Waals surface area contributed by atoms with Crippen molar-refractivity contribution in [2.75, 3.05) is 0 Å². The van der Waals surface area contributed by atoms with Gasteiger partial charge in [0.15, 0.2) is 0 Å². The van der Waals surface area contributed by atoms with Gasteiger partial charge >= 0.3 is 0 Å². The van der Waals surface area contributed by atoms with Crippen molar-refractivity contribution in [3.8, 4) is 0 Å². The summed E-state index contributed by atoms with van der Waals surface area (Å²) >= 11 is 0. The lowest BCUT2D eigenvalue weighted by Crippen LogP contribution is -2.01. The minimum absolute atomic E-state index is 0.606. The lowest BCUT2D eigenvalue weighted by Gasteiger charge is -2.12. The van der Waals surface area contributed by atoms with Crippen molar-refractivity contribution in [2.45, 2.75) is 123 Å². The fraction of sp³-hybridized carbons (Fsp3) is 0.864. The van der Waals surface area contributed by atoms with E-state index in [1.54, 1.807) is 0 Å². The second-order valence-electron chi connectivity index (χ2n) is 7.60. The lowest BCUT2D eigenvalue weighted by atomic mass is 10.0. The van der Waals surface area contributed by atoms with Crippen LogP contribution in [0.2, 0.25) is 0 Å². The van der Waals surface area contributed by atoms with Gasteiger partial charge in [-0.1, -0.05) is 103 Å². The summed E-state index contributed by atoms with van der Waals surface area (Å²) in [5, 5.41) is 0. The maximum Gasteiger partial charge on any atom is 0.0948 e. The molecular weight excluding hydrogens is 292 g/mol. The lowest BCUT2D eigenvalue weighted by molar-refractivity contribution is 0.464. The summed E-state index contributed by atoms with van der Waals surface area (Å²) < 4.78 is 2.23. The van der Waals surface area contributed by atoms with Gasteiger partial charge in [-0.05, 0) is 13.3 Å². The molecule has 0 N–H and O–H groups in total. The molecule has 0 radical (unpaired) electrons. The fourth-order valence-electron chi connectivity index (χ4n) is 3.49. The third kappa shape index (κ3) is 11.7. The summed E-state index contributed by atoms with van der Waals surface area (Å²) in [6.45, 7) is 4.59. The first-order valence-corrected chi connectivity index (χ1v) is 10.8. The molecule has 0 bridgehead atoms. The highest BCUT2D eigenvalue weighted by molar-refractivity contribution is 4.78. The van der Waals surface area contributed by atoms with Gasteiger partial charge in [0, 0.05) is 18.4 Å². The van der Waals surface area contributed by atoms with Crippen LogP contribution in [0.15, 0.2) is 18.7 Å². The summed E-state index contributed by atoms with van der Waals surface area (Å²) in [4.78, 5) is 4.13. The van der Waals surface area contributed by atoms with E-state index < -0.39 is 0 Å². The van der Waals surface area contributed by atoms with Crippen LogP contribution in [0.1, 0.15) is 123 Å². The summed E-state index contributed by atoms with van der Waals surface area (Å²) in [5.74, 6) is 0. The number of hydrogen-bond donors (Lipinski definition) is 0. The van der Waals surface area contributed by atoms with Crippen LogP contribution in [-0.2, 0) is 0 Å². The highest BCUT2D eigenvalue weighted by Gasteiger charge is 2.02. The molecule has 0 saturated carbocycles. The van der Waals surface area contributed by atoms with Crippen molar-refractivity contribution in [3.63, 3.8) is 0 Å². The molecule has 1 aromatic rings. The Hall–Kier alpha value is -0.790. The van der Waals surface area contributed by atoms with Gasteiger partial charge in [-0.25, -0.2) is 4.98 Å². The number of unbranched alkanes of at least 4 members (excludes halogenated alkanes) is 14. The van der Waals surface area contributed by atoms with Crippen molar-refractivity contribution in [1.82, 2.24) is 9.55 Å². The molecule has 1 heterocycles. The molecule has 0 saturated heterocycles. The van der Waals surface area contributed by atoms with Gasteiger partial charge in [-0.3, -0.25) is 0 Å². The van der Waals surface area contributed by atoms with E-state index in [2.05, 4.69) is 29.6 Å². The molecule has 24 heavy (non-hydrogen) atoms. The van der Waals surface area contributed by atoms with Gasteiger partial charge in [0.2, 0.25) is 0 Å². The average Bonchev–Trinajstić information content (AvgIpc) is 3.13. The molecule has 0 aliphatic rings. The van der Waals surface area contributed by atoms with Crippen LogP contribution in [0.3, 0.4) is 0 Å². The molecule has 0 spiro atoms. The van der Waals surface area contributed by atoms with E-state index in [0.717, 1.165) is 0 Å². The van der Waals surface area contributed by atoms with Crippen LogP contribution in [0.4, 0.5) is 0 Å². The normalized spacial score (nSPS) is 12.6. The Morgan fingerprint density at radius 2 is 1.17 bits per heavy atom. The first-order valence-electron chi connectivity index (χ1n) is 10.8. The molecule has 1 atom stereocenters. The Bertz CT molecular complexity index is 345. The summed E-state index contributed by atoms with van der Waals surface area (Å²) in [6.07, 6.45) is 28.8. The molecule has 1 aromatic heterocycles. The summed E-state index contributed by atoms with van der Waals surface area (Å²) in [7, 11) is 0. The number of hydrogen-bond acceptors (Lipinski definition) is 1. The Kier molecular flexibility index (Phi) is 13.9. The highest BCUT2D eigenvalue weighted by Crippen LogP contribution is 2.17. The number of aromatic nitrogens is 2. The van der Waals surface area contributed by atoms with Crippen molar-refractivity contribution < 1.29 is 0 Å². The quantitative estimate of drug-likeness (QED) is 0.267. The Morgan fingerprint density at radius 3 is 1.58 bits per heavy atom. The van der Waals surface area contributed by atoms with E-state index in [4.69, 9.17) is 0 Å². The Labute approximate surface area is 151 Å². The highest BCUT2D eigenvalue weighted by atomic mass is 15.0. The van der Waals surface area contributed by atoms with Crippen LogP contribution in [0, 0.1) is 0 Å². The zero-order chi connectivity index (χ0) is 17.3. The Balaban J connectivity index is 1.73. The molecule has 2 heteroatoms. The monoisotopic (exact) mass is 334 g/mol. The van der Waals surface area contributed by atoms with E-state index in [-0.39, 0.29) is 0 Å². The Morgan fingerprint density at radius 1 is 0.708 bits per heavy atom. The van der Waals surface area contributed by atoms with E-state index >= 15 is 0 Å². The third-order valence-corrected chi connectivity index (χ3v) is 5.26. The topological polar surface area (TPSA) is 17.8 Å². The second-order valence-corrected chi connectivity index (χ2v) is 7.60. The van der Waals surface area contributed by atoms with Crippen molar-refractivity contribution in [1.29, 1.82) is 0 Å².